The number of aryl methyl sites for hydroxylation is 1. The minimum atomic E-state index is -0.483. The van der Waals surface area contributed by atoms with Gasteiger partial charge in [-0.2, -0.15) is 0 Å². The Morgan fingerprint density at radius 1 is 1.16 bits per heavy atom. The summed E-state index contributed by atoms with van der Waals surface area (Å²) in [6.07, 6.45) is 1.64. The van der Waals surface area contributed by atoms with E-state index in [1.807, 2.05) is 31.2 Å². The Balaban J connectivity index is 1.43. The average molecular weight is 452 g/mol. The van der Waals surface area contributed by atoms with Crippen molar-refractivity contribution in [1.82, 2.24) is 10.2 Å². The smallest absolute Gasteiger partial charge is 0.252 e. The molecule has 0 bridgehead atoms. The number of fused-ring (bicyclic) bond motifs is 1. The molecule has 3 aromatic carbocycles. The highest BCUT2D eigenvalue weighted by atomic mass is 35.5. The second-order valence-corrected chi connectivity index (χ2v) is 9.72. The van der Waals surface area contributed by atoms with Crippen molar-refractivity contribution in [3.8, 4) is 0 Å². The summed E-state index contributed by atoms with van der Waals surface area (Å²) in [6, 6.07) is 15.3. The summed E-state index contributed by atoms with van der Waals surface area (Å²) in [5.41, 5.74) is 3.14. The zero-order valence-corrected chi connectivity index (χ0v) is 19.3. The fourth-order valence-corrected chi connectivity index (χ4v) is 4.92. The van der Waals surface area contributed by atoms with Crippen LogP contribution in [-0.2, 0) is 5.54 Å². The predicted octanol–water partition coefficient (Wildman–Crippen LogP) is 5.11. The van der Waals surface area contributed by atoms with E-state index in [9.17, 15) is 9.18 Å². The molecule has 0 aromatic heterocycles. The molecule has 5 rings (SSSR count). The van der Waals surface area contributed by atoms with Gasteiger partial charge in [-0.05, 0) is 74.6 Å². The Morgan fingerprint density at radius 2 is 1.91 bits per heavy atom. The van der Waals surface area contributed by atoms with Crippen LogP contribution in [0.3, 0.4) is 0 Å². The first kappa shape index (κ1) is 21.2. The van der Waals surface area contributed by atoms with Crippen LogP contribution in [0.1, 0.15) is 34.3 Å². The Bertz CT molecular complexity index is 1210. The van der Waals surface area contributed by atoms with Gasteiger partial charge in [0.25, 0.3) is 5.91 Å². The van der Waals surface area contributed by atoms with Gasteiger partial charge in [-0.25, -0.2) is 4.39 Å². The van der Waals surface area contributed by atoms with Crippen molar-refractivity contribution < 1.29 is 9.18 Å². The van der Waals surface area contributed by atoms with Crippen LogP contribution < -0.4 is 10.2 Å². The molecule has 2 aliphatic rings. The van der Waals surface area contributed by atoms with Crippen LogP contribution in [0.25, 0.3) is 10.8 Å². The molecule has 166 valence electrons. The van der Waals surface area contributed by atoms with Gasteiger partial charge in [-0.3, -0.25) is 4.79 Å². The molecule has 2 fully saturated rings. The highest BCUT2D eigenvalue weighted by Gasteiger charge is 2.47. The van der Waals surface area contributed by atoms with Crippen molar-refractivity contribution in [2.75, 3.05) is 32.1 Å². The number of nitrogens with one attached hydrogen (secondary N) is 1. The molecule has 0 unspecified atom stereocenters. The maximum Gasteiger partial charge on any atom is 0.252 e. The van der Waals surface area contributed by atoms with Gasteiger partial charge in [0.15, 0.2) is 0 Å². The fraction of sp³-hybridized carbons (Fsp3) is 0.346. The summed E-state index contributed by atoms with van der Waals surface area (Å²) in [5, 5.41) is 4.83. The number of halogens is 2. The van der Waals surface area contributed by atoms with E-state index in [2.05, 4.69) is 35.3 Å². The molecule has 1 amide bonds. The van der Waals surface area contributed by atoms with Crippen molar-refractivity contribution >= 4 is 34.0 Å². The summed E-state index contributed by atoms with van der Waals surface area (Å²) in [7, 11) is 4.19. The highest BCUT2D eigenvalue weighted by molar-refractivity contribution is 6.35. The number of carbonyl (C=O) groups excluding carboxylic acids is 1. The van der Waals surface area contributed by atoms with Crippen LogP contribution in [0.5, 0.6) is 0 Å². The number of nitrogens with zero attached hydrogens (tertiary/aromatic N) is 2. The molecule has 32 heavy (non-hydrogen) atoms. The van der Waals surface area contributed by atoms with E-state index in [0.717, 1.165) is 48.1 Å². The van der Waals surface area contributed by atoms with Crippen molar-refractivity contribution in [1.29, 1.82) is 0 Å². The normalized spacial score (nSPS) is 17.5. The van der Waals surface area contributed by atoms with Gasteiger partial charge in [-0.15, -0.1) is 0 Å². The fourth-order valence-electron chi connectivity index (χ4n) is 4.65. The van der Waals surface area contributed by atoms with Crippen LogP contribution in [0.15, 0.2) is 48.5 Å². The lowest BCUT2D eigenvalue weighted by Crippen LogP contribution is -2.57. The number of hydrogen-bond donors (Lipinski definition) is 1. The quantitative estimate of drug-likeness (QED) is 0.585. The number of rotatable bonds is 5. The van der Waals surface area contributed by atoms with E-state index in [-0.39, 0.29) is 11.7 Å². The molecule has 1 aliphatic heterocycles. The molecular weight excluding hydrogens is 425 g/mol. The molecule has 4 nitrogen and oxygen atoms in total. The van der Waals surface area contributed by atoms with Crippen LogP contribution in [0, 0.1) is 12.7 Å². The largest absolute Gasteiger partial charge is 0.368 e. The van der Waals surface area contributed by atoms with Crippen molar-refractivity contribution in [2.45, 2.75) is 31.3 Å². The monoisotopic (exact) mass is 451 g/mol. The van der Waals surface area contributed by atoms with Crippen molar-refractivity contribution in [3.05, 3.63) is 76.1 Å². The summed E-state index contributed by atoms with van der Waals surface area (Å²) in [6.45, 7) is 3.89. The molecule has 0 spiro atoms. The number of carbonyl (C=O) groups is 1. The molecule has 3 aromatic rings. The van der Waals surface area contributed by atoms with Gasteiger partial charge >= 0.3 is 0 Å². The third-order valence-electron chi connectivity index (χ3n) is 6.98. The molecule has 0 atom stereocenters. The SMILES string of the molecule is Cc1ccc(N2CC(N(C)C)C2)cc1C(=O)NC1(c2ccc(F)c3c(Cl)cccc23)CC1. The third kappa shape index (κ3) is 3.54. The Labute approximate surface area is 193 Å². The second-order valence-electron chi connectivity index (χ2n) is 9.32. The molecule has 1 saturated carbocycles. The van der Waals surface area contributed by atoms with E-state index in [1.165, 1.54) is 6.07 Å². The molecule has 0 radical (unpaired) electrons. The molecule has 1 N–H and O–H groups in total. The van der Waals surface area contributed by atoms with Gasteiger partial charge in [0.2, 0.25) is 0 Å². The van der Waals surface area contributed by atoms with E-state index in [4.69, 9.17) is 11.6 Å². The van der Waals surface area contributed by atoms with Crippen LogP contribution >= 0.6 is 11.6 Å². The molecular formula is C26H27ClFN3O. The van der Waals surface area contributed by atoms with E-state index >= 15 is 0 Å². The van der Waals surface area contributed by atoms with Gasteiger partial charge < -0.3 is 15.1 Å². The summed E-state index contributed by atoms with van der Waals surface area (Å²) >= 11 is 6.29. The number of hydrogen-bond acceptors (Lipinski definition) is 3. The van der Waals surface area contributed by atoms with Crippen LogP contribution in [0.4, 0.5) is 10.1 Å². The summed E-state index contributed by atoms with van der Waals surface area (Å²) < 4.78 is 14.5. The number of likely N-dealkylation sites (N-methyl/N-ethyl adjacent to an activating group) is 1. The first-order valence-corrected chi connectivity index (χ1v) is 11.4. The van der Waals surface area contributed by atoms with E-state index in [1.54, 1.807) is 12.1 Å². The second kappa shape index (κ2) is 7.75. The first-order valence-electron chi connectivity index (χ1n) is 11.0. The number of amides is 1. The minimum absolute atomic E-state index is 0.0916. The van der Waals surface area contributed by atoms with Gasteiger partial charge in [-0.1, -0.05) is 35.9 Å². The van der Waals surface area contributed by atoms with Crippen molar-refractivity contribution in [2.24, 2.45) is 0 Å². The van der Waals surface area contributed by atoms with Crippen molar-refractivity contribution in [3.63, 3.8) is 0 Å². The minimum Gasteiger partial charge on any atom is -0.368 e. The van der Waals surface area contributed by atoms with Crippen LogP contribution in [0.2, 0.25) is 5.02 Å². The Morgan fingerprint density at radius 3 is 2.59 bits per heavy atom. The standard InChI is InChI=1S/C26H27ClFN3O/c1-16-7-8-17(31-14-18(15-31)30(2)3)13-20(16)25(32)29-26(11-12-26)21-9-10-23(28)24-19(21)5-4-6-22(24)27/h4-10,13,18H,11-12,14-15H2,1-3H3,(H,29,32). The van der Waals surface area contributed by atoms with E-state index in [0.29, 0.717) is 22.0 Å². The van der Waals surface area contributed by atoms with E-state index < -0.39 is 5.54 Å². The molecule has 6 heteroatoms. The third-order valence-corrected chi connectivity index (χ3v) is 7.30. The summed E-state index contributed by atoms with van der Waals surface area (Å²) in [5.74, 6) is -0.434. The summed E-state index contributed by atoms with van der Waals surface area (Å²) in [4.78, 5) is 17.9. The Kier molecular flexibility index (Phi) is 5.14. The number of anilines is 1. The lowest BCUT2D eigenvalue weighted by atomic mass is 9.95. The maximum atomic E-state index is 14.5. The Hall–Kier alpha value is -2.63. The van der Waals surface area contributed by atoms with Gasteiger partial charge in [0, 0.05) is 35.8 Å². The van der Waals surface area contributed by atoms with Gasteiger partial charge in [0.1, 0.15) is 5.82 Å². The predicted molar refractivity (Wildman–Crippen MR) is 128 cm³/mol. The molecule has 1 saturated heterocycles. The van der Waals surface area contributed by atoms with Crippen LogP contribution in [-0.4, -0.2) is 44.0 Å². The zero-order chi connectivity index (χ0) is 22.6. The maximum absolute atomic E-state index is 14.5. The molecule has 1 aliphatic carbocycles. The number of benzene rings is 3. The average Bonchev–Trinajstić information content (AvgIpc) is 3.48. The lowest BCUT2D eigenvalue weighted by Gasteiger charge is -2.44. The highest BCUT2D eigenvalue weighted by Crippen LogP contribution is 2.49. The lowest BCUT2D eigenvalue weighted by molar-refractivity contribution is 0.0930. The first-order chi connectivity index (χ1) is 15.3. The zero-order valence-electron chi connectivity index (χ0n) is 18.6. The topological polar surface area (TPSA) is 35.6 Å². The molecule has 1 heterocycles. The van der Waals surface area contributed by atoms with Gasteiger partial charge in [0.05, 0.1) is 10.6 Å².